The molecule has 15 nitrogen and oxygen atoms in total. The number of carbonyl (C=O) groups excluding carboxylic acids is 3. The molecule has 1 saturated heterocycles. The third-order valence-electron chi connectivity index (χ3n) is 5.77. The van der Waals surface area contributed by atoms with Crippen molar-refractivity contribution in [3.63, 3.8) is 0 Å². The maximum Gasteiger partial charge on any atom is 0.332 e. The quantitative estimate of drug-likeness (QED) is 0.128. The Balaban J connectivity index is 3.37. The summed E-state index contributed by atoms with van der Waals surface area (Å²) in [5, 5.41) is 40.7. The monoisotopic (exact) mass is 520 g/mol. The lowest BCUT2D eigenvalue weighted by Gasteiger charge is -2.49. The summed E-state index contributed by atoms with van der Waals surface area (Å²) in [6.07, 6.45) is -7.91. The van der Waals surface area contributed by atoms with Crippen LogP contribution in [0.1, 0.15) is 40.5 Å². The van der Waals surface area contributed by atoms with Crippen molar-refractivity contribution in [1.29, 1.82) is 0 Å². The van der Waals surface area contributed by atoms with E-state index in [4.69, 9.17) is 26.0 Å². The number of ether oxygens (including phenoxy) is 2. The smallest absolute Gasteiger partial charge is 0.332 e. The standard InChI is InChI=1S/C21H36N4O11/c1-8(2)15(19(32)24-11(18(23)31)5-6-13(28)29)25(10(4)27)20-14(22)17(35-9(3)21(33)34)16(30)12(7-26)36-20/h8-9,11-12,14-17,20,26,30H,5-7,22H2,1-4H3,(H2,23,31)(H,24,32)(H,28,29)(H,33,34)/t9-,11-,12-,14-,15+,16-,17-,20?/m1/s1. The number of carboxylic acid groups (broad SMARTS) is 2. The lowest BCUT2D eigenvalue weighted by molar-refractivity contribution is -0.247. The maximum atomic E-state index is 13.2. The van der Waals surface area contributed by atoms with Crippen LogP contribution in [0.4, 0.5) is 0 Å². The lowest BCUT2D eigenvalue weighted by Crippen LogP contribution is -2.71. The molecule has 8 atom stereocenters. The summed E-state index contributed by atoms with van der Waals surface area (Å²) in [7, 11) is 0. The molecule has 0 spiro atoms. The van der Waals surface area contributed by atoms with Crippen molar-refractivity contribution >= 4 is 29.7 Å². The van der Waals surface area contributed by atoms with Crippen LogP contribution in [0.25, 0.3) is 0 Å². The van der Waals surface area contributed by atoms with Crippen molar-refractivity contribution in [2.75, 3.05) is 6.61 Å². The van der Waals surface area contributed by atoms with E-state index >= 15 is 0 Å². The van der Waals surface area contributed by atoms with Crippen molar-refractivity contribution in [3.05, 3.63) is 0 Å². The van der Waals surface area contributed by atoms with Gasteiger partial charge >= 0.3 is 11.9 Å². The molecule has 1 aliphatic rings. The van der Waals surface area contributed by atoms with Crippen LogP contribution in [-0.2, 0) is 33.4 Å². The van der Waals surface area contributed by atoms with Gasteiger partial charge in [-0.15, -0.1) is 0 Å². The minimum absolute atomic E-state index is 0.289. The van der Waals surface area contributed by atoms with E-state index in [0.717, 1.165) is 11.8 Å². The van der Waals surface area contributed by atoms with Crippen LogP contribution < -0.4 is 16.8 Å². The number of aliphatic hydroxyl groups excluding tert-OH is 2. The Hall–Kier alpha value is -2.85. The van der Waals surface area contributed by atoms with Crippen molar-refractivity contribution in [3.8, 4) is 0 Å². The van der Waals surface area contributed by atoms with Gasteiger partial charge in [0.15, 0.2) is 12.3 Å². The third kappa shape index (κ3) is 7.83. The number of aliphatic carboxylic acids is 2. The first-order chi connectivity index (χ1) is 16.6. The van der Waals surface area contributed by atoms with E-state index in [1.807, 2.05) is 0 Å². The summed E-state index contributed by atoms with van der Waals surface area (Å²) in [5.41, 5.74) is 11.5. The second-order valence-electron chi connectivity index (χ2n) is 8.91. The zero-order valence-electron chi connectivity index (χ0n) is 20.6. The second-order valence-corrected chi connectivity index (χ2v) is 8.91. The molecule has 1 rings (SSSR count). The van der Waals surface area contributed by atoms with Gasteiger partial charge < -0.3 is 51.6 Å². The van der Waals surface area contributed by atoms with Crippen LogP contribution >= 0.6 is 0 Å². The molecule has 1 unspecified atom stereocenters. The number of hydrogen-bond donors (Lipinski definition) is 7. The largest absolute Gasteiger partial charge is 0.481 e. The normalized spacial score (nSPS) is 26.5. The molecule has 1 aliphatic heterocycles. The molecule has 0 aromatic rings. The molecular weight excluding hydrogens is 484 g/mol. The fraction of sp³-hybridized carbons (Fsp3) is 0.762. The highest BCUT2D eigenvalue weighted by atomic mass is 16.6. The Bertz CT molecular complexity index is 824. The van der Waals surface area contributed by atoms with Crippen molar-refractivity contribution in [1.82, 2.24) is 10.2 Å². The van der Waals surface area contributed by atoms with Crippen LogP contribution in [0.15, 0.2) is 0 Å². The molecule has 206 valence electrons. The average molecular weight is 521 g/mol. The number of nitrogens with zero attached hydrogens (tertiary/aromatic N) is 1. The van der Waals surface area contributed by atoms with Crippen LogP contribution in [-0.4, -0.2) is 110 Å². The summed E-state index contributed by atoms with van der Waals surface area (Å²) < 4.78 is 11.1. The van der Waals surface area contributed by atoms with Gasteiger partial charge in [-0.2, -0.15) is 0 Å². The van der Waals surface area contributed by atoms with Gasteiger partial charge in [0.05, 0.1) is 12.6 Å². The molecule has 3 amide bonds. The van der Waals surface area contributed by atoms with E-state index in [2.05, 4.69) is 5.32 Å². The van der Waals surface area contributed by atoms with Crippen molar-refractivity contribution < 1.29 is 53.9 Å². The number of aliphatic hydroxyl groups is 2. The molecule has 9 N–H and O–H groups in total. The van der Waals surface area contributed by atoms with Crippen molar-refractivity contribution in [2.45, 2.75) is 89.3 Å². The van der Waals surface area contributed by atoms with Crippen LogP contribution in [0.3, 0.4) is 0 Å². The predicted molar refractivity (Wildman–Crippen MR) is 121 cm³/mol. The zero-order chi connectivity index (χ0) is 27.9. The number of hydrogen-bond acceptors (Lipinski definition) is 10. The number of nitrogens with one attached hydrogen (secondary N) is 1. The fourth-order valence-electron chi connectivity index (χ4n) is 3.91. The highest BCUT2D eigenvalue weighted by Crippen LogP contribution is 2.28. The van der Waals surface area contributed by atoms with Gasteiger partial charge in [-0.05, 0) is 19.3 Å². The predicted octanol–water partition coefficient (Wildman–Crippen LogP) is -3.04. The Morgan fingerprint density at radius 1 is 1.14 bits per heavy atom. The fourth-order valence-corrected chi connectivity index (χ4v) is 3.91. The number of carboxylic acids is 2. The van der Waals surface area contributed by atoms with Crippen LogP contribution in [0, 0.1) is 5.92 Å². The van der Waals surface area contributed by atoms with E-state index in [-0.39, 0.29) is 6.42 Å². The minimum Gasteiger partial charge on any atom is -0.481 e. The molecule has 0 radical (unpaired) electrons. The Morgan fingerprint density at radius 2 is 1.72 bits per heavy atom. The molecule has 0 bridgehead atoms. The molecule has 0 saturated carbocycles. The van der Waals surface area contributed by atoms with E-state index in [1.54, 1.807) is 13.8 Å². The molecule has 0 aliphatic carbocycles. The summed E-state index contributed by atoms with van der Waals surface area (Å²) in [6.45, 7) is 4.75. The number of amides is 3. The molecule has 1 fully saturated rings. The Morgan fingerprint density at radius 3 is 2.14 bits per heavy atom. The summed E-state index contributed by atoms with van der Waals surface area (Å²) >= 11 is 0. The van der Waals surface area contributed by atoms with Gasteiger partial charge in [-0.25, -0.2) is 4.79 Å². The van der Waals surface area contributed by atoms with Gasteiger partial charge in [-0.1, -0.05) is 13.8 Å². The van der Waals surface area contributed by atoms with Crippen LogP contribution in [0.2, 0.25) is 0 Å². The minimum atomic E-state index is -1.56. The summed E-state index contributed by atoms with van der Waals surface area (Å²) in [6, 6.07) is -4.03. The van der Waals surface area contributed by atoms with E-state index < -0.39 is 97.4 Å². The zero-order valence-corrected chi connectivity index (χ0v) is 20.6. The lowest BCUT2D eigenvalue weighted by atomic mass is 9.92. The third-order valence-corrected chi connectivity index (χ3v) is 5.77. The Kier molecular flexibility index (Phi) is 11.7. The first-order valence-electron chi connectivity index (χ1n) is 11.3. The number of rotatable bonds is 13. The van der Waals surface area contributed by atoms with Gasteiger partial charge in [0.25, 0.3) is 0 Å². The molecular formula is C21H36N4O11. The molecule has 36 heavy (non-hydrogen) atoms. The topological polar surface area (TPSA) is 252 Å². The van der Waals surface area contributed by atoms with Gasteiger partial charge in [0, 0.05) is 13.3 Å². The first-order valence-corrected chi connectivity index (χ1v) is 11.3. The molecule has 0 aromatic heterocycles. The Labute approximate surface area is 207 Å². The first kappa shape index (κ1) is 31.2. The second kappa shape index (κ2) is 13.5. The SMILES string of the molecule is CC(=O)N(C1O[C@H](CO)[C@@H](O)[C@H](O[C@H](C)C(=O)O)[C@H]1N)[C@H](C(=O)N[C@H](CCC(=O)O)C(N)=O)C(C)C. The van der Waals surface area contributed by atoms with E-state index in [9.17, 15) is 39.3 Å². The van der Waals surface area contributed by atoms with E-state index in [0.29, 0.717) is 0 Å². The number of primary amides is 1. The van der Waals surface area contributed by atoms with Crippen molar-refractivity contribution in [2.24, 2.45) is 17.4 Å². The molecule has 0 aromatic carbocycles. The highest BCUT2D eigenvalue weighted by Gasteiger charge is 2.50. The van der Waals surface area contributed by atoms with Gasteiger partial charge in [-0.3, -0.25) is 19.2 Å². The number of nitrogens with two attached hydrogens (primary N) is 2. The molecule has 1 heterocycles. The number of carbonyl (C=O) groups is 5. The summed E-state index contributed by atoms with van der Waals surface area (Å²) in [5.74, 6) is -5.70. The summed E-state index contributed by atoms with van der Waals surface area (Å²) in [4.78, 5) is 60.9. The maximum absolute atomic E-state index is 13.2. The van der Waals surface area contributed by atoms with E-state index in [1.165, 1.54) is 6.92 Å². The van der Waals surface area contributed by atoms with Gasteiger partial charge in [0.1, 0.15) is 30.4 Å². The van der Waals surface area contributed by atoms with Crippen LogP contribution in [0.5, 0.6) is 0 Å². The highest BCUT2D eigenvalue weighted by molar-refractivity contribution is 5.91. The average Bonchev–Trinajstić information content (AvgIpc) is 2.77. The molecule has 15 heteroatoms. The van der Waals surface area contributed by atoms with Gasteiger partial charge in [0.2, 0.25) is 17.7 Å².